The van der Waals surface area contributed by atoms with Gasteiger partial charge in [0.25, 0.3) is 0 Å². The second kappa shape index (κ2) is 6.57. The molecule has 0 bridgehead atoms. The van der Waals surface area contributed by atoms with Crippen molar-refractivity contribution in [2.75, 3.05) is 7.11 Å². The Kier molecular flexibility index (Phi) is 6.10. The number of rotatable bonds is 6. The molecule has 0 rings (SSSR count). The number of carbonyl (C=O) groups excluding carboxylic acids is 2. The van der Waals surface area contributed by atoms with E-state index in [1.807, 2.05) is 6.92 Å². The first-order valence-electron chi connectivity index (χ1n) is 4.35. The normalized spacial score (nSPS) is 12.2. The molecule has 0 saturated carbocycles. The maximum atomic E-state index is 12.9. The minimum Gasteiger partial charge on any atom is -0.469 e. The highest BCUT2D eigenvalue weighted by molar-refractivity contribution is 5.97. The van der Waals surface area contributed by atoms with Gasteiger partial charge in [-0.25, -0.2) is 4.39 Å². The molecule has 0 aromatic carbocycles. The van der Waals surface area contributed by atoms with Gasteiger partial charge in [-0.15, -0.1) is 0 Å². The summed E-state index contributed by atoms with van der Waals surface area (Å²) in [6.45, 7) is 1.91. The lowest BCUT2D eigenvalue weighted by atomic mass is 10.1. The molecule has 4 heteroatoms. The molecule has 0 aromatic heterocycles. The number of hydrogen-bond donors (Lipinski definition) is 0. The zero-order valence-corrected chi connectivity index (χ0v) is 8.01. The molecule has 0 aliphatic heterocycles. The Balaban J connectivity index is 3.75. The van der Waals surface area contributed by atoms with Crippen LogP contribution in [0.25, 0.3) is 0 Å². The first-order valence-corrected chi connectivity index (χ1v) is 4.35. The van der Waals surface area contributed by atoms with E-state index in [-0.39, 0.29) is 6.42 Å². The number of methoxy groups -OCH3 is 1. The summed E-state index contributed by atoms with van der Waals surface area (Å²) in [5.41, 5.74) is 0. The van der Waals surface area contributed by atoms with Crippen LogP contribution in [0.2, 0.25) is 0 Å². The van der Waals surface area contributed by atoms with Gasteiger partial charge in [0, 0.05) is 0 Å². The number of ketones is 1. The van der Waals surface area contributed by atoms with Gasteiger partial charge in [-0.05, 0) is 6.42 Å². The van der Waals surface area contributed by atoms with E-state index in [4.69, 9.17) is 0 Å². The maximum absolute atomic E-state index is 12.9. The van der Waals surface area contributed by atoms with E-state index in [2.05, 4.69) is 4.74 Å². The van der Waals surface area contributed by atoms with Crippen LogP contribution in [0.4, 0.5) is 4.39 Å². The van der Waals surface area contributed by atoms with Gasteiger partial charge in [-0.3, -0.25) is 9.59 Å². The molecule has 0 N–H and O–H groups in total. The molecule has 0 aliphatic carbocycles. The highest BCUT2D eigenvalue weighted by Gasteiger charge is 2.19. The molecule has 0 heterocycles. The number of carbonyl (C=O) groups is 2. The van der Waals surface area contributed by atoms with Crippen molar-refractivity contribution in [2.45, 2.75) is 38.8 Å². The van der Waals surface area contributed by atoms with Crippen molar-refractivity contribution in [2.24, 2.45) is 0 Å². The topological polar surface area (TPSA) is 43.4 Å². The molecule has 1 unspecified atom stereocenters. The molecular weight excluding hydrogens is 175 g/mol. The Bertz CT molecular complexity index is 180. The Hall–Kier alpha value is -0.930. The third-order valence-electron chi connectivity index (χ3n) is 1.71. The Labute approximate surface area is 77.3 Å². The van der Waals surface area contributed by atoms with Crippen LogP contribution in [0.1, 0.15) is 32.6 Å². The van der Waals surface area contributed by atoms with Crippen LogP contribution in [0.15, 0.2) is 0 Å². The lowest BCUT2D eigenvalue weighted by Gasteiger charge is -2.04. The molecular formula is C9H15FO3. The van der Waals surface area contributed by atoms with Gasteiger partial charge in [-0.2, -0.15) is 0 Å². The van der Waals surface area contributed by atoms with E-state index < -0.39 is 24.3 Å². The monoisotopic (exact) mass is 190 g/mol. The summed E-state index contributed by atoms with van der Waals surface area (Å²) >= 11 is 0. The van der Waals surface area contributed by atoms with Gasteiger partial charge in [0.1, 0.15) is 6.42 Å². The predicted octanol–water partition coefficient (Wildman–Crippen LogP) is 1.65. The molecule has 1 atom stereocenters. The van der Waals surface area contributed by atoms with Gasteiger partial charge in [0.05, 0.1) is 7.11 Å². The van der Waals surface area contributed by atoms with Crippen LogP contribution in [0, 0.1) is 0 Å². The molecule has 0 aliphatic rings. The summed E-state index contributed by atoms with van der Waals surface area (Å²) in [6, 6.07) is 0. The fourth-order valence-electron chi connectivity index (χ4n) is 0.869. The van der Waals surface area contributed by atoms with E-state index >= 15 is 0 Å². The summed E-state index contributed by atoms with van der Waals surface area (Å²) in [6.07, 6.45) is -0.271. The van der Waals surface area contributed by atoms with Gasteiger partial charge < -0.3 is 4.74 Å². The van der Waals surface area contributed by atoms with Crippen molar-refractivity contribution in [3.8, 4) is 0 Å². The lowest BCUT2D eigenvalue weighted by Crippen LogP contribution is -2.19. The number of alkyl halides is 1. The standard InChI is InChI=1S/C9H15FO3/c1-3-4-5-7(10)8(11)6-9(12)13-2/h7H,3-6H2,1-2H3. The molecule has 0 radical (unpaired) electrons. The summed E-state index contributed by atoms with van der Waals surface area (Å²) in [7, 11) is 1.18. The molecule has 13 heavy (non-hydrogen) atoms. The van der Waals surface area contributed by atoms with E-state index in [1.165, 1.54) is 7.11 Å². The average Bonchev–Trinajstić information content (AvgIpc) is 2.13. The minimum absolute atomic E-state index is 0.201. The quantitative estimate of drug-likeness (QED) is 0.472. The third-order valence-corrected chi connectivity index (χ3v) is 1.71. The molecule has 0 spiro atoms. The maximum Gasteiger partial charge on any atom is 0.313 e. The number of unbranched alkanes of at least 4 members (excludes halogenated alkanes) is 1. The lowest BCUT2D eigenvalue weighted by molar-refractivity contribution is -0.144. The second-order valence-corrected chi connectivity index (χ2v) is 2.83. The molecule has 3 nitrogen and oxygen atoms in total. The predicted molar refractivity (Wildman–Crippen MR) is 46.1 cm³/mol. The van der Waals surface area contributed by atoms with Gasteiger partial charge in [0.2, 0.25) is 0 Å². The van der Waals surface area contributed by atoms with Crippen LogP contribution in [0.5, 0.6) is 0 Å². The summed E-state index contributed by atoms with van der Waals surface area (Å²) in [5.74, 6) is -1.36. The first kappa shape index (κ1) is 12.1. The van der Waals surface area contributed by atoms with Gasteiger partial charge in [-0.1, -0.05) is 19.8 Å². The highest BCUT2D eigenvalue weighted by Crippen LogP contribution is 2.07. The van der Waals surface area contributed by atoms with E-state index in [1.54, 1.807) is 0 Å². The van der Waals surface area contributed by atoms with Gasteiger partial charge >= 0.3 is 5.97 Å². The average molecular weight is 190 g/mol. The number of hydrogen-bond acceptors (Lipinski definition) is 3. The van der Waals surface area contributed by atoms with E-state index in [9.17, 15) is 14.0 Å². The second-order valence-electron chi connectivity index (χ2n) is 2.83. The highest BCUT2D eigenvalue weighted by atomic mass is 19.1. The Morgan fingerprint density at radius 1 is 1.46 bits per heavy atom. The summed E-state index contributed by atoms with van der Waals surface area (Å²) in [5, 5.41) is 0. The fraction of sp³-hybridized carbons (Fsp3) is 0.778. The number of ether oxygens (including phenoxy) is 1. The smallest absolute Gasteiger partial charge is 0.313 e. The minimum atomic E-state index is -1.51. The molecule has 0 saturated heterocycles. The van der Waals surface area contributed by atoms with Crippen molar-refractivity contribution >= 4 is 11.8 Å². The molecule has 76 valence electrons. The SMILES string of the molecule is CCCCC(F)C(=O)CC(=O)OC. The molecule has 0 aromatic rings. The molecule has 0 fully saturated rings. The van der Waals surface area contributed by atoms with Crippen LogP contribution in [0.3, 0.4) is 0 Å². The number of esters is 1. The van der Waals surface area contributed by atoms with E-state index in [0.717, 1.165) is 6.42 Å². The van der Waals surface area contributed by atoms with Crippen molar-refractivity contribution in [3.05, 3.63) is 0 Å². The fourth-order valence-corrected chi connectivity index (χ4v) is 0.869. The van der Waals surface area contributed by atoms with Crippen LogP contribution >= 0.6 is 0 Å². The third kappa shape index (κ3) is 5.33. The Morgan fingerprint density at radius 2 is 2.08 bits per heavy atom. The van der Waals surface area contributed by atoms with Crippen LogP contribution < -0.4 is 0 Å². The van der Waals surface area contributed by atoms with Gasteiger partial charge in [0.15, 0.2) is 12.0 Å². The zero-order chi connectivity index (χ0) is 10.3. The zero-order valence-electron chi connectivity index (χ0n) is 8.01. The molecule has 0 amide bonds. The number of halogens is 1. The first-order chi connectivity index (χ1) is 6.11. The van der Waals surface area contributed by atoms with Crippen molar-refractivity contribution in [1.29, 1.82) is 0 Å². The van der Waals surface area contributed by atoms with Crippen LogP contribution in [-0.2, 0) is 14.3 Å². The van der Waals surface area contributed by atoms with Crippen molar-refractivity contribution in [3.63, 3.8) is 0 Å². The largest absolute Gasteiger partial charge is 0.469 e. The summed E-state index contributed by atoms with van der Waals surface area (Å²) in [4.78, 5) is 21.5. The van der Waals surface area contributed by atoms with Crippen molar-refractivity contribution < 1.29 is 18.7 Å². The van der Waals surface area contributed by atoms with Crippen molar-refractivity contribution in [1.82, 2.24) is 0 Å². The number of Topliss-reactive ketones (excluding diaryl/α,β-unsaturated/α-hetero) is 1. The Morgan fingerprint density at radius 3 is 2.54 bits per heavy atom. The van der Waals surface area contributed by atoms with Crippen LogP contribution in [-0.4, -0.2) is 25.0 Å². The summed E-state index contributed by atoms with van der Waals surface area (Å²) < 4.78 is 17.2. The van der Waals surface area contributed by atoms with E-state index in [0.29, 0.717) is 6.42 Å².